The molecule has 2 aromatic rings. The van der Waals surface area contributed by atoms with Crippen LogP contribution in [0.3, 0.4) is 0 Å². The molecular formula is C25H35N3O4. The van der Waals surface area contributed by atoms with E-state index in [2.05, 4.69) is 0 Å². The van der Waals surface area contributed by atoms with Crippen LogP contribution in [0.2, 0.25) is 0 Å². The number of nitrogen functional groups attached to an aromatic ring is 1. The number of nitrogens with one attached hydrogen (secondary N) is 1. The fourth-order valence-electron chi connectivity index (χ4n) is 3.30. The maximum Gasteiger partial charge on any atom is 0.257 e. The minimum Gasteiger partial charge on any atom is -0.507 e. The van der Waals surface area contributed by atoms with Crippen LogP contribution in [0.5, 0.6) is 17.2 Å². The number of rotatable bonds is 14. The lowest BCUT2D eigenvalue weighted by atomic mass is 10.1. The second kappa shape index (κ2) is 13.2. The molecular weight excluding hydrogens is 406 g/mol. The Kier molecular flexibility index (Phi) is 10.4. The van der Waals surface area contributed by atoms with Crippen LogP contribution in [0.4, 0.5) is 0 Å². The van der Waals surface area contributed by atoms with Crippen LogP contribution in [-0.2, 0) is 0 Å². The standard InChI is InChI=1S/C25H35N3O4/c1-3-14-28(15-4-2)25(30)22-13-12-21(18-23(22)29)32-17-7-5-6-16-31-20-10-8-19(9-11-20)24(26)27/h8-13,18,29H,3-7,14-17H2,1-2H3,(H3,26,27). The number of hydrogen-bond acceptors (Lipinski definition) is 5. The minimum absolute atomic E-state index is 0.0427. The summed E-state index contributed by atoms with van der Waals surface area (Å²) in [5, 5.41) is 17.7. The van der Waals surface area contributed by atoms with E-state index in [4.69, 9.17) is 20.6 Å². The van der Waals surface area contributed by atoms with Gasteiger partial charge in [-0.1, -0.05) is 13.8 Å². The Morgan fingerprint density at radius 1 is 0.938 bits per heavy atom. The van der Waals surface area contributed by atoms with E-state index in [-0.39, 0.29) is 17.5 Å². The van der Waals surface area contributed by atoms with Gasteiger partial charge in [0.15, 0.2) is 0 Å². The molecule has 0 unspecified atom stereocenters. The van der Waals surface area contributed by atoms with E-state index in [1.807, 2.05) is 26.0 Å². The quantitative estimate of drug-likeness (QED) is 0.226. The molecule has 0 aliphatic heterocycles. The van der Waals surface area contributed by atoms with Crippen LogP contribution in [0.25, 0.3) is 0 Å². The van der Waals surface area contributed by atoms with Crippen LogP contribution < -0.4 is 15.2 Å². The summed E-state index contributed by atoms with van der Waals surface area (Å²) in [5.41, 5.74) is 6.43. The number of carbonyl (C=O) groups is 1. The predicted molar refractivity (Wildman–Crippen MR) is 127 cm³/mol. The lowest BCUT2D eigenvalue weighted by molar-refractivity contribution is 0.0752. The summed E-state index contributed by atoms with van der Waals surface area (Å²) in [5.74, 6) is 1.16. The fourth-order valence-corrected chi connectivity index (χ4v) is 3.30. The van der Waals surface area contributed by atoms with Gasteiger partial charge in [-0.05, 0) is 68.5 Å². The van der Waals surface area contributed by atoms with Crippen molar-refractivity contribution in [1.82, 2.24) is 4.90 Å². The van der Waals surface area contributed by atoms with Crippen molar-refractivity contribution in [2.24, 2.45) is 5.73 Å². The first-order valence-electron chi connectivity index (χ1n) is 11.3. The van der Waals surface area contributed by atoms with Crippen LogP contribution in [0.15, 0.2) is 42.5 Å². The number of phenols is 1. The van der Waals surface area contributed by atoms with Gasteiger partial charge in [0.1, 0.15) is 23.1 Å². The highest BCUT2D eigenvalue weighted by atomic mass is 16.5. The third-order valence-electron chi connectivity index (χ3n) is 4.97. The van der Waals surface area contributed by atoms with Gasteiger partial charge in [0.2, 0.25) is 0 Å². The molecule has 0 atom stereocenters. The van der Waals surface area contributed by atoms with Crippen LogP contribution in [-0.4, -0.2) is 48.1 Å². The Bertz CT molecular complexity index is 862. The van der Waals surface area contributed by atoms with E-state index >= 15 is 0 Å². The number of unbranched alkanes of at least 4 members (excludes halogenated alkanes) is 2. The highest BCUT2D eigenvalue weighted by Gasteiger charge is 2.18. The molecule has 0 heterocycles. The Labute approximate surface area is 190 Å². The van der Waals surface area contributed by atoms with Crippen molar-refractivity contribution >= 4 is 11.7 Å². The highest BCUT2D eigenvalue weighted by molar-refractivity contribution is 5.97. The average Bonchev–Trinajstić information content (AvgIpc) is 2.78. The molecule has 0 spiro atoms. The minimum atomic E-state index is -0.145. The van der Waals surface area contributed by atoms with Crippen molar-refractivity contribution in [2.75, 3.05) is 26.3 Å². The number of hydrogen-bond donors (Lipinski definition) is 3. The Morgan fingerprint density at radius 2 is 1.50 bits per heavy atom. The van der Waals surface area contributed by atoms with Crippen molar-refractivity contribution < 1.29 is 19.4 Å². The lowest BCUT2D eigenvalue weighted by Crippen LogP contribution is -2.32. The van der Waals surface area contributed by atoms with E-state index in [0.29, 0.717) is 43.2 Å². The predicted octanol–water partition coefficient (Wildman–Crippen LogP) is 4.57. The van der Waals surface area contributed by atoms with Gasteiger partial charge in [-0.2, -0.15) is 0 Å². The molecule has 1 amide bonds. The fraction of sp³-hybridized carbons (Fsp3) is 0.440. The number of amides is 1. The maximum atomic E-state index is 12.7. The summed E-state index contributed by atoms with van der Waals surface area (Å²) in [6, 6.07) is 12.0. The van der Waals surface area contributed by atoms with Crippen LogP contribution in [0.1, 0.15) is 61.9 Å². The largest absolute Gasteiger partial charge is 0.507 e. The molecule has 32 heavy (non-hydrogen) atoms. The van der Waals surface area contributed by atoms with Crippen molar-refractivity contribution in [3.8, 4) is 17.2 Å². The summed E-state index contributed by atoms with van der Waals surface area (Å²) < 4.78 is 11.4. The normalized spacial score (nSPS) is 10.6. The monoisotopic (exact) mass is 441 g/mol. The first-order chi connectivity index (χ1) is 15.5. The van der Waals surface area contributed by atoms with Gasteiger partial charge in [0, 0.05) is 24.7 Å². The molecule has 0 radical (unpaired) electrons. The zero-order chi connectivity index (χ0) is 23.3. The number of aromatic hydroxyl groups is 1. The lowest BCUT2D eigenvalue weighted by Gasteiger charge is -2.22. The molecule has 7 nitrogen and oxygen atoms in total. The van der Waals surface area contributed by atoms with Gasteiger partial charge in [-0.3, -0.25) is 10.2 Å². The first-order valence-corrected chi connectivity index (χ1v) is 11.3. The van der Waals surface area contributed by atoms with Gasteiger partial charge in [-0.25, -0.2) is 0 Å². The Balaban J connectivity index is 1.70. The maximum absolute atomic E-state index is 12.7. The van der Waals surface area contributed by atoms with Crippen molar-refractivity contribution in [3.05, 3.63) is 53.6 Å². The third-order valence-corrected chi connectivity index (χ3v) is 4.97. The molecule has 2 rings (SSSR count). The molecule has 7 heteroatoms. The Hall–Kier alpha value is -3.22. The smallest absolute Gasteiger partial charge is 0.257 e. The summed E-state index contributed by atoms with van der Waals surface area (Å²) in [4.78, 5) is 14.4. The second-order valence-electron chi connectivity index (χ2n) is 7.67. The summed E-state index contributed by atoms with van der Waals surface area (Å²) in [6.07, 6.45) is 4.45. The molecule has 174 valence electrons. The van der Waals surface area contributed by atoms with Crippen molar-refractivity contribution in [3.63, 3.8) is 0 Å². The van der Waals surface area contributed by atoms with E-state index in [1.165, 1.54) is 6.07 Å². The number of ether oxygens (including phenoxy) is 2. The van der Waals surface area contributed by atoms with Crippen molar-refractivity contribution in [1.29, 1.82) is 5.41 Å². The molecule has 0 bridgehead atoms. The number of benzene rings is 2. The zero-order valence-electron chi connectivity index (χ0n) is 19.1. The topological polar surface area (TPSA) is 109 Å². The molecule has 0 aliphatic rings. The average molecular weight is 442 g/mol. The molecule has 0 fully saturated rings. The molecule has 0 aromatic heterocycles. The second-order valence-corrected chi connectivity index (χ2v) is 7.67. The number of nitrogens with zero attached hydrogens (tertiary/aromatic N) is 1. The number of amidine groups is 1. The zero-order valence-corrected chi connectivity index (χ0v) is 19.1. The SMILES string of the molecule is CCCN(CCC)C(=O)c1ccc(OCCCCCOc2ccc(C(=N)N)cc2)cc1O. The van der Waals surface area contributed by atoms with Crippen molar-refractivity contribution in [2.45, 2.75) is 46.0 Å². The van der Waals surface area contributed by atoms with Crippen LogP contribution in [0, 0.1) is 5.41 Å². The molecule has 0 saturated carbocycles. The molecule has 0 saturated heterocycles. The summed E-state index contributed by atoms with van der Waals surface area (Å²) in [7, 11) is 0. The number of carbonyl (C=O) groups excluding carboxylic acids is 1. The number of phenolic OH excluding ortho intramolecular Hbond substituents is 1. The van der Waals surface area contributed by atoms with Crippen LogP contribution >= 0.6 is 0 Å². The van der Waals surface area contributed by atoms with E-state index in [0.717, 1.165) is 37.9 Å². The Morgan fingerprint density at radius 3 is 2.03 bits per heavy atom. The van der Waals surface area contributed by atoms with E-state index in [9.17, 15) is 9.90 Å². The summed E-state index contributed by atoms with van der Waals surface area (Å²) >= 11 is 0. The number of nitrogens with two attached hydrogens (primary N) is 1. The first kappa shape index (κ1) is 25.0. The van der Waals surface area contributed by atoms with Gasteiger partial charge < -0.3 is 25.2 Å². The molecule has 4 N–H and O–H groups in total. The summed E-state index contributed by atoms with van der Waals surface area (Å²) in [6.45, 7) is 6.55. The van der Waals surface area contributed by atoms with Gasteiger partial charge >= 0.3 is 0 Å². The van der Waals surface area contributed by atoms with Gasteiger partial charge in [-0.15, -0.1) is 0 Å². The van der Waals surface area contributed by atoms with E-state index in [1.54, 1.807) is 29.2 Å². The molecule has 2 aromatic carbocycles. The third kappa shape index (κ3) is 7.80. The van der Waals surface area contributed by atoms with E-state index < -0.39 is 0 Å². The van der Waals surface area contributed by atoms with Gasteiger partial charge in [0.25, 0.3) is 5.91 Å². The highest BCUT2D eigenvalue weighted by Crippen LogP contribution is 2.25. The molecule has 0 aliphatic carbocycles. The van der Waals surface area contributed by atoms with Gasteiger partial charge in [0.05, 0.1) is 18.8 Å².